The number of nitrogens with zero attached hydrogens (tertiary/aromatic N) is 1. The summed E-state index contributed by atoms with van der Waals surface area (Å²) in [5.41, 5.74) is 6.82. The molecule has 0 bridgehead atoms. The average Bonchev–Trinajstić information content (AvgIpc) is 2.82. The molecule has 1 saturated heterocycles. The zero-order chi connectivity index (χ0) is 23.1. The predicted molar refractivity (Wildman–Crippen MR) is 121 cm³/mol. The van der Waals surface area contributed by atoms with E-state index in [9.17, 15) is 14.4 Å². The number of amides is 3. The van der Waals surface area contributed by atoms with Gasteiger partial charge in [0.2, 0.25) is 11.8 Å². The molecule has 2 aromatic carbocycles. The summed E-state index contributed by atoms with van der Waals surface area (Å²) >= 11 is 0. The summed E-state index contributed by atoms with van der Waals surface area (Å²) in [7, 11) is 2.91. The molecular weight excluding hydrogens is 410 g/mol. The molecule has 0 unspecified atom stereocenters. The second-order valence-electron chi connectivity index (χ2n) is 7.45. The Kier molecular flexibility index (Phi) is 7.49. The van der Waals surface area contributed by atoms with Gasteiger partial charge in [0.25, 0.3) is 5.91 Å². The zero-order valence-electron chi connectivity index (χ0n) is 18.2. The molecule has 1 aliphatic heterocycles. The zero-order valence-corrected chi connectivity index (χ0v) is 18.2. The highest BCUT2D eigenvalue weighted by atomic mass is 16.5. The summed E-state index contributed by atoms with van der Waals surface area (Å²) < 4.78 is 10.5. The van der Waals surface area contributed by atoms with Crippen LogP contribution in [0.5, 0.6) is 11.5 Å². The van der Waals surface area contributed by atoms with Gasteiger partial charge >= 0.3 is 0 Å². The molecule has 8 heteroatoms. The predicted octanol–water partition coefficient (Wildman–Crippen LogP) is 2.69. The molecule has 0 spiro atoms. The second-order valence-corrected chi connectivity index (χ2v) is 7.45. The Morgan fingerprint density at radius 3 is 2.25 bits per heavy atom. The van der Waals surface area contributed by atoms with Gasteiger partial charge < -0.3 is 25.4 Å². The first-order valence-corrected chi connectivity index (χ1v) is 10.3. The van der Waals surface area contributed by atoms with Gasteiger partial charge in [0, 0.05) is 31.1 Å². The van der Waals surface area contributed by atoms with E-state index in [1.54, 1.807) is 17.1 Å². The third-order valence-electron chi connectivity index (χ3n) is 5.44. The first-order valence-electron chi connectivity index (χ1n) is 10.3. The van der Waals surface area contributed by atoms with E-state index in [1.807, 2.05) is 30.3 Å². The van der Waals surface area contributed by atoms with Gasteiger partial charge in [-0.1, -0.05) is 30.3 Å². The van der Waals surface area contributed by atoms with Gasteiger partial charge in [-0.15, -0.1) is 0 Å². The normalized spacial score (nSPS) is 14.2. The molecule has 0 aromatic heterocycles. The molecule has 0 atom stereocenters. The number of ether oxygens (including phenoxy) is 2. The fourth-order valence-corrected chi connectivity index (χ4v) is 3.62. The maximum atomic E-state index is 12.8. The molecular formula is C24H27N3O5. The van der Waals surface area contributed by atoms with E-state index in [0.29, 0.717) is 37.4 Å². The molecule has 3 N–H and O–H groups in total. The Morgan fingerprint density at radius 2 is 1.66 bits per heavy atom. The van der Waals surface area contributed by atoms with Gasteiger partial charge in [-0.2, -0.15) is 0 Å². The molecule has 3 amide bonds. The van der Waals surface area contributed by atoms with Crippen molar-refractivity contribution in [3.8, 4) is 11.5 Å². The van der Waals surface area contributed by atoms with E-state index in [4.69, 9.17) is 15.2 Å². The Labute approximate surface area is 187 Å². The maximum absolute atomic E-state index is 12.8. The SMILES string of the molecule is COc1cc(NC(=O)C2CCN(C(=O)/C=C/c3ccccc3)CC2)c(C(N)=O)cc1OC. The molecule has 1 aliphatic rings. The fourth-order valence-electron chi connectivity index (χ4n) is 3.62. The van der Waals surface area contributed by atoms with Crippen molar-refractivity contribution in [1.29, 1.82) is 0 Å². The standard InChI is InChI=1S/C24H27N3O5/c1-31-20-14-18(23(25)29)19(15-21(20)32-2)26-24(30)17-10-12-27(13-11-17)22(28)9-8-16-6-4-3-5-7-16/h3-9,14-15,17H,10-13H2,1-2H3,(H2,25,29)(H,26,30)/b9-8+. The highest BCUT2D eigenvalue weighted by Gasteiger charge is 2.27. The van der Waals surface area contributed by atoms with Crippen molar-refractivity contribution in [3.63, 3.8) is 0 Å². The molecule has 1 fully saturated rings. The van der Waals surface area contributed by atoms with Crippen LogP contribution in [0.1, 0.15) is 28.8 Å². The van der Waals surface area contributed by atoms with Crippen molar-refractivity contribution in [2.24, 2.45) is 11.7 Å². The first-order chi connectivity index (χ1) is 15.4. The monoisotopic (exact) mass is 437 g/mol. The van der Waals surface area contributed by atoms with E-state index < -0.39 is 5.91 Å². The van der Waals surface area contributed by atoms with Gasteiger partial charge in [0.05, 0.1) is 25.5 Å². The summed E-state index contributed by atoms with van der Waals surface area (Å²) in [5, 5.41) is 2.79. The number of likely N-dealkylation sites (tertiary alicyclic amines) is 1. The van der Waals surface area contributed by atoms with Crippen LogP contribution in [-0.2, 0) is 9.59 Å². The minimum Gasteiger partial charge on any atom is -0.493 e. The number of methoxy groups -OCH3 is 2. The fraction of sp³-hybridized carbons (Fsp3) is 0.292. The number of rotatable bonds is 7. The van der Waals surface area contributed by atoms with Crippen molar-refractivity contribution in [2.75, 3.05) is 32.6 Å². The van der Waals surface area contributed by atoms with Gasteiger partial charge in [0.15, 0.2) is 11.5 Å². The largest absolute Gasteiger partial charge is 0.493 e. The number of carbonyl (C=O) groups is 3. The van der Waals surface area contributed by atoms with E-state index in [0.717, 1.165) is 5.56 Å². The quantitative estimate of drug-likeness (QED) is 0.647. The van der Waals surface area contributed by atoms with Crippen LogP contribution < -0.4 is 20.5 Å². The van der Waals surface area contributed by atoms with Crippen LogP contribution in [0.25, 0.3) is 6.08 Å². The summed E-state index contributed by atoms with van der Waals surface area (Å²) in [6, 6.07) is 12.6. The number of hydrogen-bond acceptors (Lipinski definition) is 5. The highest BCUT2D eigenvalue weighted by molar-refractivity contribution is 6.04. The number of primary amides is 1. The summed E-state index contributed by atoms with van der Waals surface area (Å²) in [5.74, 6) is -0.568. The topological polar surface area (TPSA) is 111 Å². The van der Waals surface area contributed by atoms with Crippen molar-refractivity contribution < 1.29 is 23.9 Å². The number of piperidine rings is 1. The van der Waals surface area contributed by atoms with Crippen LogP contribution in [0.15, 0.2) is 48.5 Å². The van der Waals surface area contributed by atoms with Crippen molar-refractivity contribution in [1.82, 2.24) is 4.90 Å². The third kappa shape index (κ3) is 5.46. The Morgan fingerprint density at radius 1 is 1.03 bits per heavy atom. The van der Waals surface area contributed by atoms with E-state index in [1.165, 1.54) is 26.4 Å². The van der Waals surface area contributed by atoms with Crippen LogP contribution >= 0.6 is 0 Å². The average molecular weight is 437 g/mol. The lowest BCUT2D eigenvalue weighted by Crippen LogP contribution is -2.40. The highest BCUT2D eigenvalue weighted by Crippen LogP contribution is 2.33. The van der Waals surface area contributed by atoms with Gasteiger partial charge in [0.1, 0.15) is 0 Å². The van der Waals surface area contributed by atoms with E-state index >= 15 is 0 Å². The minimum absolute atomic E-state index is 0.0800. The van der Waals surface area contributed by atoms with Crippen LogP contribution in [0.4, 0.5) is 5.69 Å². The Bertz CT molecular complexity index is 1010. The number of nitrogens with one attached hydrogen (secondary N) is 1. The van der Waals surface area contributed by atoms with Gasteiger partial charge in [-0.25, -0.2) is 0 Å². The smallest absolute Gasteiger partial charge is 0.250 e. The summed E-state index contributed by atoms with van der Waals surface area (Å²) in [4.78, 5) is 38.9. The Balaban J connectivity index is 1.62. The lowest BCUT2D eigenvalue weighted by Gasteiger charge is -2.30. The minimum atomic E-state index is -0.688. The van der Waals surface area contributed by atoms with Crippen LogP contribution in [0.2, 0.25) is 0 Å². The number of carbonyl (C=O) groups excluding carboxylic acids is 3. The van der Waals surface area contributed by atoms with Crippen molar-refractivity contribution in [3.05, 3.63) is 59.7 Å². The number of hydrogen-bond donors (Lipinski definition) is 2. The molecule has 0 saturated carbocycles. The van der Waals surface area contributed by atoms with Gasteiger partial charge in [-0.05, 0) is 30.5 Å². The van der Waals surface area contributed by atoms with E-state index in [-0.39, 0.29) is 29.0 Å². The number of nitrogens with two attached hydrogens (primary N) is 1. The number of anilines is 1. The Hall–Kier alpha value is -3.81. The molecule has 0 radical (unpaired) electrons. The summed E-state index contributed by atoms with van der Waals surface area (Å²) in [6.45, 7) is 0.954. The molecule has 3 rings (SSSR count). The molecule has 8 nitrogen and oxygen atoms in total. The lowest BCUT2D eigenvalue weighted by molar-refractivity contribution is -0.130. The van der Waals surface area contributed by atoms with Crippen LogP contribution in [0.3, 0.4) is 0 Å². The molecule has 2 aromatic rings. The maximum Gasteiger partial charge on any atom is 0.250 e. The van der Waals surface area contributed by atoms with Crippen LogP contribution in [0, 0.1) is 5.92 Å². The van der Waals surface area contributed by atoms with E-state index in [2.05, 4.69) is 5.32 Å². The van der Waals surface area contributed by atoms with Gasteiger partial charge in [-0.3, -0.25) is 14.4 Å². The lowest BCUT2D eigenvalue weighted by atomic mass is 9.95. The summed E-state index contributed by atoms with van der Waals surface area (Å²) in [6.07, 6.45) is 4.38. The molecule has 32 heavy (non-hydrogen) atoms. The van der Waals surface area contributed by atoms with Crippen molar-refractivity contribution >= 4 is 29.5 Å². The molecule has 168 valence electrons. The molecule has 0 aliphatic carbocycles. The molecule has 1 heterocycles. The second kappa shape index (κ2) is 10.5. The number of benzene rings is 2. The van der Waals surface area contributed by atoms with Crippen molar-refractivity contribution in [2.45, 2.75) is 12.8 Å². The third-order valence-corrected chi connectivity index (χ3v) is 5.44. The first kappa shape index (κ1) is 22.9. The van der Waals surface area contributed by atoms with Crippen LogP contribution in [-0.4, -0.2) is 49.9 Å².